The van der Waals surface area contributed by atoms with Gasteiger partial charge < -0.3 is 19.7 Å². The van der Waals surface area contributed by atoms with Crippen LogP contribution in [0, 0.1) is 0 Å². The highest BCUT2D eigenvalue weighted by molar-refractivity contribution is 5.90. The molecule has 0 aliphatic carbocycles. The number of nitrogens with one attached hydrogen (secondary N) is 1. The van der Waals surface area contributed by atoms with Gasteiger partial charge in [-0.15, -0.1) is 0 Å². The Balaban J connectivity index is 1.79. The third-order valence-electron chi connectivity index (χ3n) is 3.62. The van der Waals surface area contributed by atoms with Crippen LogP contribution in [0.4, 0.5) is 5.69 Å². The third-order valence-corrected chi connectivity index (χ3v) is 3.62. The number of likely N-dealkylation sites (tertiary alicyclic amines) is 1. The molecule has 1 fully saturated rings. The number of rotatable bonds is 8. The lowest BCUT2D eigenvalue weighted by Crippen LogP contribution is -2.32. The van der Waals surface area contributed by atoms with Gasteiger partial charge in [-0.1, -0.05) is 6.07 Å². The fourth-order valence-corrected chi connectivity index (χ4v) is 2.40. The lowest BCUT2D eigenvalue weighted by molar-refractivity contribution is -0.132. The number of nitrogens with zero attached hydrogens (tertiary/aromatic N) is 1. The van der Waals surface area contributed by atoms with Gasteiger partial charge in [0.05, 0.1) is 13.0 Å². The van der Waals surface area contributed by atoms with Crippen molar-refractivity contribution in [2.75, 3.05) is 38.2 Å². The van der Waals surface area contributed by atoms with Crippen LogP contribution < -0.4 is 10.1 Å². The molecule has 0 bridgehead atoms. The Hall–Kier alpha value is -2.08. The first-order valence-electron chi connectivity index (χ1n) is 8.07. The minimum atomic E-state index is -0.108. The molecule has 23 heavy (non-hydrogen) atoms. The molecule has 6 heteroatoms. The maximum Gasteiger partial charge on any atom is 0.260 e. The molecule has 1 aromatic carbocycles. The highest BCUT2D eigenvalue weighted by Gasteiger charge is 2.18. The summed E-state index contributed by atoms with van der Waals surface area (Å²) < 4.78 is 10.7. The SMILES string of the molecule is CCOCCC(=O)Nc1cccc(OCC(=O)N2CCCC2)c1. The van der Waals surface area contributed by atoms with Crippen LogP contribution in [0.3, 0.4) is 0 Å². The Morgan fingerprint density at radius 1 is 1.26 bits per heavy atom. The quantitative estimate of drug-likeness (QED) is 0.745. The van der Waals surface area contributed by atoms with E-state index in [0.717, 1.165) is 25.9 Å². The summed E-state index contributed by atoms with van der Waals surface area (Å²) in [4.78, 5) is 25.5. The van der Waals surface area contributed by atoms with Crippen molar-refractivity contribution in [3.8, 4) is 5.75 Å². The van der Waals surface area contributed by atoms with Gasteiger partial charge in [0.15, 0.2) is 6.61 Å². The number of hydrogen-bond donors (Lipinski definition) is 1. The summed E-state index contributed by atoms with van der Waals surface area (Å²) in [7, 11) is 0. The van der Waals surface area contributed by atoms with E-state index in [-0.39, 0.29) is 18.4 Å². The first kappa shape index (κ1) is 17.3. The topological polar surface area (TPSA) is 67.9 Å². The summed E-state index contributed by atoms with van der Waals surface area (Å²) in [5.74, 6) is 0.470. The smallest absolute Gasteiger partial charge is 0.260 e. The van der Waals surface area contributed by atoms with Crippen LogP contribution in [0.25, 0.3) is 0 Å². The Morgan fingerprint density at radius 3 is 2.78 bits per heavy atom. The van der Waals surface area contributed by atoms with Crippen molar-refractivity contribution in [3.63, 3.8) is 0 Å². The van der Waals surface area contributed by atoms with Crippen LogP contribution in [-0.4, -0.2) is 49.6 Å². The molecule has 1 aliphatic rings. The average molecular weight is 320 g/mol. The Bertz CT molecular complexity index is 527. The summed E-state index contributed by atoms with van der Waals surface area (Å²) in [6.45, 7) is 4.56. The average Bonchev–Trinajstić information content (AvgIpc) is 3.08. The van der Waals surface area contributed by atoms with Crippen molar-refractivity contribution >= 4 is 17.5 Å². The van der Waals surface area contributed by atoms with E-state index in [1.165, 1.54) is 0 Å². The molecule has 1 aliphatic heterocycles. The van der Waals surface area contributed by atoms with Crippen molar-refractivity contribution < 1.29 is 19.1 Å². The molecule has 0 saturated carbocycles. The molecular formula is C17H24N2O4. The van der Waals surface area contributed by atoms with E-state index in [1.54, 1.807) is 24.3 Å². The van der Waals surface area contributed by atoms with Gasteiger partial charge in [-0.05, 0) is 31.9 Å². The molecule has 1 heterocycles. The predicted octanol–water partition coefficient (Wildman–Crippen LogP) is 2.05. The van der Waals surface area contributed by atoms with Crippen molar-refractivity contribution in [3.05, 3.63) is 24.3 Å². The minimum absolute atomic E-state index is 0.00801. The maximum atomic E-state index is 11.9. The van der Waals surface area contributed by atoms with Crippen LogP contribution >= 0.6 is 0 Å². The molecule has 126 valence electrons. The van der Waals surface area contributed by atoms with Gasteiger partial charge in [-0.25, -0.2) is 0 Å². The zero-order chi connectivity index (χ0) is 16.5. The summed E-state index contributed by atoms with van der Waals surface area (Å²) >= 11 is 0. The molecule has 1 saturated heterocycles. The van der Waals surface area contributed by atoms with Gasteiger partial charge in [0.25, 0.3) is 5.91 Å². The first-order valence-corrected chi connectivity index (χ1v) is 8.07. The second kappa shape index (κ2) is 9.15. The van der Waals surface area contributed by atoms with Crippen LogP contribution in [0.1, 0.15) is 26.2 Å². The van der Waals surface area contributed by atoms with E-state index in [4.69, 9.17) is 9.47 Å². The Kier molecular flexibility index (Phi) is 6.87. The molecule has 2 rings (SSSR count). The standard InChI is InChI=1S/C17H24N2O4/c1-2-22-11-8-16(20)18-14-6-5-7-15(12-14)23-13-17(21)19-9-3-4-10-19/h5-7,12H,2-4,8-11,13H2,1H3,(H,18,20). The summed E-state index contributed by atoms with van der Waals surface area (Å²) in [6.07, 6.45) is 2.44. The fourth-order valence-electron chi connectivity index (χ4n) is 2.40. The normalized spacial score (nSPS) is 13.9. The lowest BCUT2D eigenvalue weighted by atomic mass is 10.3. The van der Waals surface area contributed by atoms with Crippen LogP contribution in [0.5, 0.6) is 5.75 Å². The summed E-state index contributed by atoms with van der Waals surface area (Å²) in [6, 6.07) is 7.06. The van der Waals surface area contributed by atoms with Gasteiger partial charge in [-0.2, -0.15) is 0 Å². The van der Waals surface area contributed by atoms with Crippen LogP contribution in [0.15, 0.2) is 24.3 Å². The second-order valence-electron chi connectivity index (χ2n) is 5.40. The number of ether oxygens (including phenoxy) is 2. The van der Waals surface area contributed by atoms with Gasteiger partial charge in [0.2, 0.25) is 5.91 Å². The molecule has 0 aromatic heterocycles. The van der Waals surface area contributed by atoms with Crippen LogP contribution in [-0.2, 0) is 14.3 Å². The molecule has 1 aromatic rings. The highest BCUT2D eigenvalue weighted by Crippen LogP contribution is 2.18. The molecule has 2 amide bonds. The van der Waals surface area contributed by atoms with Gasteiger partial charge in [0, 0.05) is 31.5 Å². The van der Waals surface area contributed by atoms with Crippen molar-refractivity contribution in [1.29, 1.82) is 0 Å². The molecule has 0 radical (unpaired) electrons. The van der Waals surface area contributed by atoms with Gasteiger partial charge >= 0.3 is 0 Å². The molecule has 0 atom stereocenters. The number of carbonyl (C=O) groups is 2. The molecule has 0 unspecified atom stereocenters. The van der Waals surface area contributed by atoms with E-state index in [0.29, 0.717) is 31.1 Å². The number of hydrogen-bond acceptors (Lipinski definition) is 4. The predicted molar refractivity (Wildman–Crippen MR) is 87.5 cm³/mol. The zero-order valence-corrected chi connectivity index (χ0v) is 13.5. The number of amides is 2. The van der Waals surface area contributed by atoms with Crippen molar-refractivity contribution in [2.24, 2.45) is 0 Å². The van der Waals surface area contributed by atoms with Crippen LogP contribution in [0.2, 0.25) is 0 Å². The molecular weight excluding hydrogens is 296 g/mol. The first-order chi connectivity index (χ1) is 11.2. The van der Waals surface area contributed by atoms with E-state index >= 15 is 0 Å². The minimum Gasteiger partial charge on any atom is -0.484 e. The second-order valence-corrected chi connectivity index (χ2v) is 5.40. The van der Waals surface area contributed by atoms with E-state index in [2.05, 4.69) is 5.32 Å². The highest BCUT2D eigenvalue weighted by atomic mass is 16.5. The largest absolute Gasteiger partial charge is 0.484 e. The Morgan fingerprint density at radius 2 is 2.04 bits per heavy atom. The third kappa shape index (κ3) is 5.90. The molecule has 0 spiro atoms. The fraction of sp³-hybridized carbons (Fsp3) is 0.529. The monoisotopic (exact) mass is 320 g/mol. The molecule has 6 nitrogen and oxygen atoms in total. The zero-order valence-electron chi connectivity index (χ0n) is 13.5. The molecule has 1 N–H and O–H groups in total. The lowest BCUT2D eigenvalue weighted by Gasteiger charge is -2.15. The van der Waals surface area contributed by atoms with E-state index < -0.39 is 0 Å². The van der Waals surface area contributed by atoms with Gasteiger partial charge in [0.1, 0.15) is 5.75 Å². The number of benzene rings is 1. The van der Waals surface area contributed by atoms with E-state index in [1.807, 2.05) is 11.8 Å². The van der Waals surface area contributed by atoms with Crippen molar-refractivity contribution in [2.45, 2.75) is 26.2 Å². The van der Waals surface area contributed by atoms with Crippen molar-refractivity contribution in [1.82, 2.24) is 4.90 Å². The van der Waals surface area contributed by atoms with E-state index in [9.17, 15) is 9.59 Å². The maximum absolute atomic E-state index is 11.9. The summed E-state index contributed by atoms with van der Waals surface area (Å²) in [5, 5.41) is 2.79. The number of carbonyl (C=O) groups excluding carboxylic acids is 2. The Labute approximate surface area is 136 Å². The number of anilines is 1. The van der Waals surface area contributed by atoms with Gasteiger partial charge in [-0.3, -0.25) is 9.59 Å². The summed E-state index contributed by atoms with van der Waals surface area (Å²) in [5.41, 5.74) is 0.651.